The molecule has 306 valence electrons. The molecule has 1 unspecified atom stereocenters. The summed E-state index contributed by atoms with van der Waals surface area (Å²) in [6.45, 7) is 8.68. The van der Waals surface area contributed by atoms with E-state index in [9.17, 15) is 24.0 Å². The van der Waals surface area contributed by atoms with Crippen molar-refractivity contribution in [3.63, 3.8) is 0 Å². The lowest BCUT2D eigenvalue weighted by atomic mass is 9.74. The number of piperidine rings is 3. The molecule has 0 aliphatic carbocycles. The molecule has 5 aliphatic heterocycles. The fraction of sp³-hybridized carbons (Fsp3) is 0.512. The molecule has 0 saturated carbocycles. The Morgan fingerprint density at radius 1 is 0.966 bits per heavy atom. The quantitative estimate of drug-likeness (QED) is 0.181. The third kappa shape index (κ3) is 7.96. The lowest BCUT2D eigenvalue weighted by Gasteiger charge is -2.40. The monoisotopic (exact) mass is 790 g/mol. The maximum Gasteiger partial charge on any atom is 0.320 e. The molecule has 5 aliphatic rings. The van der Waals surface area contributed by atoms with Gasteiger partial charge in [-0.1, -0.05) is 31.2 Å². The van der Waals surface area contributed by atoms with Gasteiger partial charge in [-0.25, -0.2) is 14.8 Å². The Labute approximate surface area is 339 Å². The summed E-state index contributed by atoms with van der Waals surface area (Å²) >= 11 is 0. The lowest BCUT2D eigenvalue weighted by molar-refractivity contribution is -0.136. The zero-order chi connectivity index (χ0) is 40.6. The number of hydrogen-bond donors (Lipinski definition) is 3. The van der Waals surface area contributed by atoms with Crippen LogP contribution in [0.25, 0.3) is 0 Å². The van der Waals surface area contributed by atoms with Gasteiger partial charge < -0.3 is 35.6 Å². The molecule has 4 fully saturated rings. The number of urea groups is 1. The number of nitrogens with zero attached hydrogens (tertiary/aromatic N) is 7. The van der Waals surface area contributed by atoms with Crippen LogP contribution < -0.4 is 21.3 Å². The molecule has 4 N–H and O–H groups in total. The van der Waals surface area contributed by atoms with Gasteiger partial charge in [-0.15, -0.1) is 0 Å². The van der Waals surface area contributed by atoms with Crippen LogP contribution in [0.1, 0.15) is 95.8 Å². The topological polar surface area (TPSA) is 177 Å². The van der Waals surface area contributed by atoms with Crippen LogP contribution in [0.4, 0.5) is 22.1 Å². The second kappa shape index (κ2) is 16.4. The van der Waals surface area contributed by atoms with Crippen molar-refractivity contribution < 1.29 is 24.0 Å². The molecule has 4 saturated heterocycles. The fourth-order valence-electron chi connectivity index (χ4n) is 9.41. The number of nitrogens with two attached hydrogens (primary N) is 1. The Balaban J connectivity index is 0.827. The number of carbonyl (C=O) groups excluding carboxylic acids is 5. The van der Waals surface area contributed by atoms with Crippen LogP contribution in [-0.4, -0.2) is 124 Å². The zero-order valence-corrected chi connectivity index (χ0v) is 33.5. The number of amides is 6. The molecule has 0 spiro atoms. The summed E-state index contributed by atoms with van der Waals surface area (Å²) < 4.78 is 0. The average Bonchev–Trinajstić information content (AvgIpc) is 3.74. The third-order valence-electron chi connectivity index (χ3n) is 13.1. The van der Waals surface area contributed by atoms with Crippen molar-refractivity contribution in [1.29, 1.82) is 0 Å². The highest BCUT2D eigenvalue weighted by molar-refractivity contribution is 6.05. The summed E-state index contributed by atoms with van der Waals surface area (Å²) in [5, 5.41) is 5.70. The predicted octanol–water partition coefficient (Wildman–Crippen LogP) is 3.79. The van der Waals surface area contributed by atoms with E-state index in [2.05, 4.69) is 50.5 Å². The Kier molecular flexibility index (Phi) is 11.1. The minimum atomic E-state index is -0.655. The highest BCUT2D eigenvalue weighted by atomic mass is 16.2. The number of unbranched alkanes of at least 4 members (excludes halogenated alkanes) is 1. The van der Waals surface area contributed by atoms with E-state index in [4.69, 9.17) is 10.7 Å². The highest BCUT2D eigenvalue weighted by Gasteiger charge is 2.40. The molecule has 15 heteroatoms. The standard InChI is InChI=1S/C43H54N10O5/c1-43(17-21-50(22-18-43)19-4-3-7-28-8-5-10-32-33(28)27-53(41(32)57)34-15-16-36(54)48-40(34)56)29-11-13-30(14-12-29)46-39-37(38(44)55)45-25-35(47-39)51-20-6-9-31(26-51)52-24-23-49(2)42(52)58/h5,8,10-14,25,31,34H,3-4,6-7,9,15-24,26-27H2,1-2H3,(H2,44,55)(H,46,47)(H,48,54,56)/t31-,34?/m1/s1. The number of aryl methyl sites for hydroxylation is 1. The minimum absolute atomic E-state index is 0.0367. The maximum atomic E-state index is 13.2. The Hall–Kier alpha value is -5.57. The summed E-state index contributed by atoms with van der Waals surface area (Å²) in [6.07, 6.45) is 9.09. The summed E-state index contributed by atoms with van der Waals surface area (Å²) in [6, 6.07) is 13.8. The number of anilines is 3. The van der Waals surface area contributed by atoms with E-state index in [1.165, 1.54) is 5.56 Å². The Morgan fingerprint density at radius 3 is 2.48 bits per heavy atom. The molecule has 0 radical (unpaired) electrons. The summed E-state index contributed by atoms with van der Waals surface area (Å²) in [5.41, 5.74) is 10.8. The van der Waals surface area contributed by atoms with Gasteiger partial charge in [0.1, 0.15) is 11.9 Å². The first-order valence-electron chi connectivity index (χ1n) is 20.8. The van der Waals surface area contributed by atoms with Gasteiger partial charge >= 0.3 is 6.03 Å². The van der Waals surface area contributed by atoms with Crippen molar-refractivity contribution in [2.24, 2.45) is 5.73 Å². The van der Waals surface area contributed by atoms with Crippen molar-refractivity contribution in [1.82, 2.24) is 34.9 Å². The molecule has 15 nitrogen and oxygen atoms in total. The van der Waals surface area contributed by atoms with Crippen molar-refractivity contribution in [3.05, 3.63) is 76.6 Å². The van der Waals surface area contributed by atoms with Gasteiger partial charge in [0.25, 0.3) is 11.8 Å². The SMILES string of the molecule is CN1CCN([C@@H]2CCCN(c3cnc(C(N)=O)c(Nc4ccc(C5(C)CCN(CCCCc6cccc7c6CN(C6CCC(=O)NC6=O)C7=O)CC5)cc4)n3)C2)C1=O. The summed E-state index contributed by atoms with van der Waals surface area (Å²) in [5.74, 6) is -0.482. The number of aromatic nitrogens is 2. The number of fused-ring (bicyclic) bond motifs is 1. The molecule has 2 aromatic carbocycles. The highest BCUT2D eigenvalue weighted by Crippen LogP contribution is 2.37. The van der Waals surface area contributed by atoms with E-state index >= 15 is 0 Å². The normalized spacial score (nSPS) is 22.4. The van der Waals surface area contributed by atoms with Crippen LogP contribution >= 0.6 is 0 Å². The number of nitrogens with one attached hydrogen (secondary N) is 2. The van der Waals surface area contributed by atoms with Gasteiger partial charge in [-0.3, -0.25) is 24.5 Å². The first-order chi connectivity index (χ1) is 28.0. The van der Waals surface area contributed by atoms with Crippen LogP contribution in [0.2, 0.25) is 0 Å². The van der Waals surface area contributed by atoms with E-state index in [1.807, 2.05) is 36.2 Å². The lowest BCUT2D eigenvalue weighted by Crippen LogP contribution is -2.52. The first-order valence-corrected chi connectivity index (χ1v) is 20.8. The number of benzene rings is 2. The minimum Gasteiger partial charge on any atom is -0.364 e. The molecule has 8 rings (SSSR count). The second-order valence-electron chi connectivity index (χ2n) is 16.8. The smallest absolute Gasteiger partial charge is 0.320 e. The molecular formula is C43H54N10O5. The maximum absolute atomic E-state index is 13.2. The fourth-order valence-corrected chi connectivity index (χ4v) is 9.41. The molecular weight excluding hydrogens is 737 g/mol. The zero-order valence-electron chi connectivity index (χ0n) is 33.5. The molecule has 6 heterocycles. The van der Waals surface area contributed by atoms with Crippen LogP contribution in [0.15, 0.2) is 48.7 Å². The van der Waals surface area contributed by atoms with E-state index in [1.54, 1.807) is 16.0 Å². The summed E-state index contributed by atoms with van der Waals surface area (Å²) in [4.78, 5) is 81.7. The Morgan fingerprint density at radius 2 is 1.76 bits per heavy atom. The number of likely N-dealkylation sites (tertiary alicyclic amines) is 1. The van der Waals surface area contributed by atoms with E-state index in [-0.39, 0.29) is 47.3 Å². The van der Waals surface area contributed by atoms with E-state index in [0.29, 0.717) is 36.7 Å². The predicted molar refractivity (Wildman–Crippen MR) is 219 cm³/mol. The summed E-state index contributed by atoms with van der Waals surface area (Å²) in [7, 11) is 1.84. The van der Waals surface area contributed by atoms with Crippen molar-refractivity contribution in [2.75, 3.05) is 63.1 Å². The number of likely N-dealkylation sites (N-methyl/N-ethyl adjacent to an activating group) is 1. The third-order valence-corrected chi connectivity index (χ3v) is 13.1. The van der Waals surface area contributed by atoms with Gasteiger partial charge in [0.15, 0.2) is 11.5 Å². The Bertz CT molecular complexity index is 2080. The molecule has 2 atom stereocenters. The van der Waals surface area contributed by atoms with Gasteiger partial charge in [-0.05, 0) is 111 Å². The van der Waals surface area contributed by atoms with Crippen LogP contribution in [0.5, 0.6) is 0 Å². The second-order valence-corrected chi connectivity index (χ2v) is 16.8. The van der Waals surface area contributed by atoms with Crippen molar-refractivity contribution in [2.45, 2.75) is 88.8 Å². The first kappa shape index (κ1) is 39.3. The molecule has 1 aromatic heterocycles. The number of hydrogen-bond acceptors (Lipinski definition) is 10. The van der Waals surface area contributed by atoms with Gasteiger partial charge in [0, 0.05) is 57.4 Å². The molecule has 58 heavy (non-hydrogen) atoms. The van der Waals surface area contributed by atoms with Crippen molar-refractivity contribution >= 4 is 47.0 Å². The molecule has 0 bridgehead atoms. The number of carbonyl (C=O) groups is 5. The molecule has 6 amide bonds. The van der Waals surface area contributed by atoms with Gasteiger partial charge in [0.2, 0.25) is 11.8 Å². The number of rotatable bonds is 12. The van der Waals surface area contributed by atoms with E-state index < -0.39 is 11.9 Å². The van der Waals surface area contributed by atoms with Crippen LogP contribution in [0.3, 0.4) is 0 Å². The average molecular weight is 791 g/mol. The van der Waals surface area contributed by atoms with Gasteiger partial charge in [-0.2, -0.15) is 0 Å². The largest absolute Gasteiger partial charge is 0.364 e. The molecule has 3 aromatic rings. The van der Waals surface area contributed by atoms with Gasteiger partial charge in [0.05, 0.1) is 12.2 Å². The number of imide groups is 1. The van der Waals surface area contributed by atoms with Crippen molar-refractivity contribution in [3.8, 4) is 0 Å². The van der Waals surface area contributed by atoms with Crippen LogP contribution in [0, 0.1) is 0 Å². The van der Waals surface area contributed by atoms with Crippen LogP contribution in [-0.2, 0) is 28.0 Å². The number of primary amides is 1. The van der Waals surface area contributed by atoms with E-state index in [0.717, 1.165) is 101 Å².